The van der Waals surface area contributed by atoms with E-state index >= 15 is 0 Å². The lowest BCUT2D eigenvalue weighted by Gasteiger charge is -2.12. The average Bonchev–Trinajstić information content (AvgIpc) is 2.53. The van der Waals surface area contributed by atoms with Crippen LogP contribution in [0.15, 0.2) is 48.5 Å². The van der Waals surface area contributed by atoms with Crippen molar-refractivity contribution in [1.29, 1.82) is 0 Å². The fourth-order valence-corrected chi connectivity index (χ4v) is 2.01. The molecule has 0 aromatic heterocycles. The van der Waals surface area contributed by atoms with Crippen molar-refractivity contribution in [1.82, 2.24) is 5.32 Å². The first kappa shape index (κ1) is 18.8. The van der Waals surface area contributed by atoms with Crippen LogP contribution >= 0.6 is 24.0 Å². The van der Waals surface area contributed by atoms with Gasteiger partial charge in [0, 0.05) is 17.6 Å². The lowest BCUT2D eigenvalue weighted by molar-refractivity contribution is 0.306. The Morgan fingerprint density at radius 3 is 2.18 bits per heavy atom. The predicted octanol–water partition coefficient (Wildman–Crippen LogP) is 5.23. The Morgan fingerprint density at radius 2 is 1.59 bits per heavy atom. The van der Waals surface area contributed by atoms with Crippen molar-refractivity contribution in [3.05, 3.63) is 64.7 Å². The van der Waals surface area contributed by atoms with Gasteiger partial charge < -0.3 is 10.1 Å². The van der Waals surface area contributed by atoms with E-state index in [1.54, 1.807) is 0 Å². The molecule has 2 rings (SSSR count). The second-order valence-electron chi connectivity index (χ2n) is 5.25. The van der Waals surface area contributed by atoms with Crippen LogP contribution in [0.2, 0.25) is 5.02 Å². The van der Waals surface area contributed by atoms with Gasteiger partial charge in [0.25, 0.3) is 0 Å². The van der Waals surface area contributed by atoms with Gasteiger partial charge in [-0.15, -0.1) is 12.4 Å². The third-order valence-electron chi connectivity index (χ3n) is 3.51. The van der Waals surface area contributed by atoms with Crippen LogP contribution in [-0.4, -0.2) is 6.04 Å². The van der Waals surface area contributed by atoms with Crippen LogP contribution in [0.3, 0.4) is 0 Å². The van der Waals surface area contributed by atoms with Gasteiger partial charge in [-0.2, -0.15) is 0 Å². The monoisotopic (exact) mass is 339 g/mol. The zero-order valence-electron chi connectivity index (χ0n) is 13.0. The van der Waals surface area contributed by atoms with Crippen molar-refractivity contribution in [2.75, 3.05) is 0 Å². The summed E-state index contributed by atoms with van der Waals surface area (Å²) in [6.45, 7) is 5.84. The summed E-state index contributed by atoms with van der Waals surface area (Å²) in [4.78, 5) is 0. The van der Waals surface area contributed by atoms with E-state index in [0.29, 0.717) is 12.6 Å². The van der Waals surface area contributed by atoms with Crippen LogP contribution < -0.4 is 10.1 Å². The summed E-state index contributed by atoms with van der Waals surface area (Å²) < 4.78 is 5.77. The minimum Gasteiger partial charge on any atom is -0.489 e. The Bertz CT molecular complexity index is 540. The highest BCUT2D eigenvalue weighted by Crippen LogP contribution is 2.15. The van der Waals surface area contributed by atoms with Gasteiger partial charge in [-0.05, 0) is 48.7 Å². The molecule has 0 heterocycles. The number of hydrogen-bond acceptors (Lipinski definition) is 2. The fraction of sp³-hybridized carbons (Fsp3) is 0.333. The summed E-state index contributed by atoms with van der Waals surface area (Å²) in [6.07, 6.45) is 1.14. The minimum absolute atomic E-state index is 0. The van der Waals surface area contributed by atoms with Crippen LogP contribution in [0.5, 0.6) is 5.75 Å². The first-order valence-corrected chi connectivity index (χ1v) is 7.74. The van der Waals surface area contributed by atoms with Crippen LogP contribution in [-0.2, 0) is 13.2 Å². The quantitative estimate of drug-likeness (QED) is 0.745. The van der Waals surface area contributed by atoms with Gasteiger partial charge in [-0.1, -0.05) is 42.8 Å². The van der Waals surface area contributed by atoms with Crippen LogP contribution in [0.25, 0.3) is 0 Å². The molecule has 0 aliphatic heterocycles. The summed E-state index contributed by atoms with van der Waals surface area (Å²) >= 11 is 5.86. The van der Waals surface area contributed by atoms with Crippen LogP contribution in [0.4, 0.5) is 0 Å². The molecule has 0 amide bonds. The van der Waals surface area contributed by atoms with E-state index < -0.39 is 0 Å². The average molecular weight is 340 g/mol. The van der Waals surface area contributed by atoms with E-state index in [1.165, 1.54) is 5.56 Å². The second kappa shape index (κ2) is 9.73. The number of halogens is 2. The summed E-state index contributed by atoms with van der Waals surface area (Å²) in [5.74, 6) is 0.886. The molecular weight excluding hydrogens is 317 g/mol. The standard InChI is InChI=1S/C18H22ClNO.ClH/c1-3-14(2)20-12-15-6-10-18(11-7-15)21-13-16-4-8-17(19)9-5-16;/h4-11,14,20H,3,12-13H2,1-2H3;1H. The molecule has 2 nitrogen and oxygen atoms in total. The van der Waals surface area contributed by atoms with E-state index in [0.717, 1.165) is 29.3 Å². The Morgan fingerprint density at radius 1 is 1.00 bits per heavy atom. The topological polar surface area (TPSA) is 21.3 Å². The SMILES string of the molecule is CCC(C)NCc1ccc(OCc2ccc(Cl)cc2)cc1.Cl. The fourth-order valence-electron chi connectivity index (χ4n) is 1.89. The normalized spacial score (nSPS) is 11.6. The maximum Gasteiger partial charge on any atom is 0.119 e. The molecule has 0 saturated heterocycles. The summed E-state index contributed by atoms with van der Waals surface area (Å²) in [6, 6.07) is 16.5. The highest BCUT2D eigenvalue weighted by atomic mass is 35.5. The highest BCUT2D eigenvalue weighted by Gasteiger charge is 2.00. The van der Waals surface area contributed by atoms with Gasteiger partial charge in [-0.3, -0.25) is 0 Å². The van der Waals surface area contributed by atoms with E-state index in [2.05, 4.69) is 31.3 Å². The lowest BCUT2D eigenvalue weighted by Crippen LogP contribution is -2.24. The molecule has 4 heteroatoms. The molecule has 1 unspecified atom stereocenters. The first-order chi connectivity index (χ1) is 10.2. The zero-order valence-corrected chi connectivity index (χ0v) is 14.6. The Hall–Kier alpha value is -1.22. The molecule has 120 valence electrons. The molecule has 1 N–H and O–H groups in total. The molecule has 0 saturated carbocycles. The van der Waals surface area contributed by atoms with Crippen molar-refractivity contribution in [3.8, 4) is 5.75 Å². The third kappa shape index (κ3) is 6.27. The molecular formula is C18H23Cl2NO. The number of ether oxygens (including phenoxy) is 1. The molecule has 0 aliphatic carbocycles. The minimum atomic E-state index is 0. The van der Waals surface area contributed by atoms with Gasteiger partial charge in [0.15, 0.2) is 0 Å². The summed E-state index contributed by atoms with van der Waals surface area (Å²) in [5.41, 5.74) is 2.39. The van der Waals surface area contributed by atoms with Crippen molar-refractivity contribution >= 4 is 24.0 Å². The zero-order chi connectivity index (χ0) is 15.1. The van der Waals surface area contributed by atoms with Crippen molar-refractivity contribution < 1.29 is 4.74 Å². The van der Waals surface area contributed by atoms with E-state index in [-0.39, 0.29) is 12.4 Å². The molecule has 0 bridgehead atoms. The van der Waals surface area contributed by atoms with Crippen LogP contribution in [0.1, 0.15) is 31.4 Å². The molecule has 0 spiro atoms. The first-order valence-electron chi connectivity index (χ1n) is 7.37. The molecule has 2 aromatic rings. The van der Waals surface area contributed by atoms with Gasteiger partial charge in [0.2, 0.25) is 0 Å². The Balaban J connectivity index is 0.00000242. The maximum atomic E-state index is 5.86. The second-order valence-corrected chi connectivity index (χ2v) is 5.69. The number of benzene rings is 2. The summed E-state index contributed by atoms with van der Waals surface area (Å²) in [7, 11) is 0. The molecule has 22 heavy (non-hydrogen) atoms. The smallest absolute Gasteiger partial charge is 0.119 e. The van der Waals surface area contributed by atoms with Crippen LogP contribution in [0, 0.1) is 0 Å². The lowest BCUT2D eigenvalue weighted by atomic mass is 10.2. The Labute approximate surface area is 144 Å². The predicted molar refractivity (Wildman–Crippen MR) is 96.1 cm³/mol. The Kier molecular flexibility index (Phi) is 8.32. The maximum absolute atomic E-state index is 5.86. The number of hydrogen-bond donors (Lipinski definition) is 1. The third-order valence-corrected chi connectivity index (χ3v) is 3.76. The molecule has 2 aromatic carbocycles. The summed E-state index contributed by atoms with van der Waals surface area (Å²) in [5, 5.41) is 4.22. The largest absolute Gasteiger partial charge is 0.489 e. The molecule has 0 radical (unpaired) electrons. The number of nitrogens with one attached hydrogen (secondary N) is 1. The van der Waals surface area contributed by atoms with Crippen molar-refractivity contribution in [2.24, 2.45) is 0 Å². The van der Waals surface area contributed by atoms with E-state index in [1.807, 2.05) is 36.4 Å². The van der Waals surface area contributed by atoms with Crippen molar-refractivity contribution in [2.45, 2.75) is 39.5 Å². The molecule has 0 aliphatic rings. The van der Waals surface area contributed by atoms with Gasteiger partial charge >= 0.3 is 0 Å². The van der Waals surface area contributed by atoms with E-state index in [9.17, 15) is 0 Å². The van der Waals surface area contributed by atoms with Crippen molar-refractivity contribution in [3.63, 3.8) is 0 Å². The van der Waals surface area contributed by atoms with Gasteiger partial charge in [-0.25, -0.2) is 0 Å². The molecule has 0 fully saturated rings. The molecule has 1 atom stereocenters. The van der Waals surface area contributed by atoms with Gasteiger partial charge in [0.1, 0.15) is 12.4 Å². The highest BCUT2D eigenvalue weighted by molar-refractivity contribution is 6.30. The number of rotatable bonds is 7. The van der Waals surface area contributed by atoms with E-state index in [4.69, 9.17) is 16.3 Å². The van der Waals surface area contributed by atoms with Gasteiger partial charge in [0.05, 0.1) is 0 Å².